The Balaban J connectivity index is 1.33. The molecule has 4 nitrogen and oxygen atoms in total. The fourth-order valence-electron chi connectivity index (χ4n) is 3.61. The van der Waals surface area contributed by atoms with E-state index < -0.39 is 5.41 Å². The topological polar surface area (TPSA) is 47.6 Å². The Kier molecular flexibility index (Phi) is 4.02. The molecular formula is C23H18ClNO3. The van der Waals surface area contributed by atoms with Crippen molar-refractivity contribution in [2.75, 3.05) is 12.1 Å². The number of hydrogen-bond acceptors (Lipinski definition) is 3. The predicted octanol–water partition coefficient (Wildman–Crippen LogP) is 5.41. The Bertz CT molecular complexity index is 1040. The summed E-state index contributed by atoms with van der Waals surface area (Å²) in [5.41, 5.74) is 3.45. The summed E-state index contributed by atoms with van der Waals surface area (Å²) in [6.45, 7) is 0.234. The highest BCUT2D eigenvalue weighted by Gasteiger charge is 2.51. The number of hydrogen-bond donors (Lipinski definition) is 1. The molecule has 1 aliphatic heterocycles. The Labute approximate surface area is 168 Å². The van der Waals surface area contributed by atoms with Gasteiger partial charge in [-0.1, -0.05) is 41.9 Å². The summed E-state index contributed by atoms with van der Waals surface area (Å²) >= 11 is 5.95. The van der Waals surface area contributed by atoms with Crippen molar-refractivity contribution < 1.29 is 14.3 Å². The van der Waals surface area contributed by atoms with Crippen molar-refractivity contribution in [3.8, 4) is 22.6 Å². The van der Waals surface area contributed by atoms with Crippen molar-refractivity contribution in [3.63, 3.8) is 0 Å². The van der Waals surface area contributed by atoms with Gasteiger partial charge < -0.3 is 14.8 Å². The van der Waals surface area contributed by atoms with Gasteiger partial charge in [-0.25, -0.2) is 0 Å². The molecule has 0 aromatic heterocycles. The van der Waals surface area contributed by atoms with Crippen LogP contribution in [-0.2, 0) is 10.2 Å². The number of amides is 1. The third-order valence-corrected chi connectivity index (χ3v) is 5.68. The number of fused-ring (bicyclic) bond motifs is 1. The molecule has 5 heteroatoms. The first kappa shape index (κ1) is 17.1. The summed E-state index contributed by atoms with van der Waals surface area (Å²) in [6, 6.07) is 21.3. The van der Waals surface area contributed by atoms with Gasteiger partial charge in [0.25, 0.3) is 0 Å². The van der Waals surface area contributed by atoms with Gasteiger partial charge in [0, 0.05) is 10.7 Å². The van der Waals surface area contributed by atoms with Crippen LogP contribution in [-0.4, -0.2) is 12.7 Å². The molecule has 140 valence electrons. The van der Waals surface area contributed by atoms with Crippen LogP contribution in [0.25, 0.3) is 11.1 Å². The number of rotatable bonds is 4. The molecule has 1 aliphatic carbocycles. The first-order chi connectivity index (χ1) is 13.6. The molecule has 1 N–H and O–H groups in total. The molecule has 0 saturated heterocycles. The lowest BCUT2D eigenvalue weighted by Crippen LogP contribution is -2.27. The summed E-state index contributed by atoms with van der Waals surface area (Å²) in [4.78, 5) is 13.0. The normalized spacial score (nSPS) is 15.9. The summed E-state index contributed by atoms with van der Waals surface area (Å²) in [6.07, 6.45) is 1.67. The molecule has 0 bridgehead atoms. The van der Waals surface area contributed by atoms with E-state index in [1.807, 2.05) is 66.7 Å². The van der Waals surface area contributed by atoms with Crippen molar-refractivity contribution in [2.24, 2.45) is 0 Å². The van der Waals surface area contributed by atoms with E-state index in [0.717, 1.165) is 41.0 Å². The van der Waals surface area contributed by atoms with Gasteiger partial charge in [0.2, 0.25) is 12.7 Å². The zero-order valence-electron chi connectivity index (χ0n) is 15.1. The van der Waals surface area contributed by atoms with Gasteiger partial charge in [0.05, 0.1) is 5.41 Å². The predicted molar refractivity (Wildman–Crippen MR) is 109 cm³/mol. The standard InChI is InChI=1S/C23H18ClNO3/c24-18-6-1-15(2-7-18)16-3-8-19(9-4-16)25-22(26)23(11-12-23)17-5-10-20-21(13-17)28-14-27-20/h1-10,13H,11-12,14H2,(H,25,26). The van der Waals surface area contributed by atoms with Crippen LogP contribution in [0.1, 0.15) is 18.4 Å². The van der Waals surface area contributed by atoms with Crippen molar-refractivity contribution in [1.29, 1.82) is 0 Å². The quantitative estimate of drug-likeness (QED) is 0.647. The molecule has 3 aromatic carbocycles. The minimum atomic E-state index is -0.476. The van der Waals surface area contributed by atoms with Gasteiger partial charge in [-0.15, -0.1) is 0 Å². The van der Waals surface area contributed by atoms with Crippen LogP contribution < -0.4 is 14.8 Å². The van der Waals surface area contributed by atoms with Gasteiger partial charge in [-0.2, -0.15) is 0 Å². The fourth-order valence-corrected chi connectivity index (χ4v) is 3.73. The first-order valence-corrected chi connectivity index (χ1v) is 9.59. The Morgan fingerprint density at radius 2 is 1.50 bits per heavy atom. The first-order valence-electron chi connectivity index (χ1n) is 9.22. The average molecular weight is 392 g/mol. The van der Waals surface area contributed by atoms with Crippen LogP contribution >= 0.6 is 11.6 Å². The van der Waals surface area contributed by atoms with Crippen LogP contribution in [0.3, 0.4) is 0 Å². The van der Waals surface area contributed by atoms with Crippen molar-refractivity contribution in [2.45, 2.75) is 18.3 Å². The Hall–Kier alpha value is -2.98. The number of carbonyl (C=O) groups excluding carboxylic acids is 1. The highest BCUT2D eigenvalue weighted by Crippen LogP contribution is 2.51. The molecule has 1 heterocycles. The minimum absolute atomic E-state index is 0.0191. The van der Waals surface area contributed by atoms with Gasteiger partial charge in [-0.3, -0.25) is 4.79 Å². The Morgan fingerprint density at radius 1 is 0.857 bits per heavy atom. The smallest absolute Gasteiger partial charge is 0.235 e. The van der Waals surface area contributed by atoms with E-state index in [0.29, 0.717) is 10.8 Å². The maximum Gasteiger partial charge on any atom is 0.235 e. The lowest BCUT2D eigenvalue weighted by Gasteiger charge is -2.16. The lowest BCUT2D eigenvalue weighted by molar-refractivity contribution is -0.118. The number of nitrogens with one attached hydrogen (secondary N) is 1. The molecular weight excluding hydrogens is 374 g/mol. The number of halogens is 1. The van der Waals surface area contributed by atoms with E-state index in [-0.39, 0.29) is 12.7 Å². The Morgan fingerprint density at radius 3 is 2.18 bits per heavy atom. The van der Waals surface area contributed by atoms with Gasteiger partial charge in [-0.05, 0) is 65.9 Å². The highest BCUT2D eigenvalue weighted by atomic mass is 35.5. The van der Waals surface area contributed by atoms with Crippen LogP contribution in [0.4, 0.5) is 5.69 Å². The zero-order chi connectivity index (χ0) is 19.1. The molecule has 0 unspecified atom stereocenters. The van der Waals surface area contributed by atoms with Crippen LogP contribution in [0.5, 0.6) is 11.5 Å². The van der Waals surface area contributed by atoms with Crippen molar-refractivity contribution in [1.82, 2.24) is 0 Å². The van der Waals surface area contributed by atoms with Crippen LogP contribution in [0.2, 0.25) is 5.02 Å². The van der Waals surface area contributed by atoms with Crippen LogP contribution in [0, 0.1) is 0 Å². The van der Waals surface area contributed by atoms with Gasteiger partial charge in [0.1, 0.15) is 0 Å². The third kappa shape index (κ3) is 3.00. The van der Waals surface area contributed by atoms with E-state index in [4.69, 9.17) is 21.1 Å². The number of ether oxygens (including phenoxy) is 2. The molecule has 1 fully saturated rings. The number of anilines is 1. The maximum absolute atomic E-state index is 13.0. The summed E-state index contributed by atoms with van der Waals surface area (Å²) in [7, 11) is 0. The largest absolute Gasteiger partial charge is 0.454 e. The molecule has 0 spiro atoms. The lowest BCUT2D eigenvalue weighted by atomic mass is 9.94. The molecule has 3 aromatic rings. The highest BCUT2D eigenvalue weighted by molar-refractivity contribution is 6.30. The zero-order valence-corrected chi connectivity index (χ0v) is 15.8. The second kappa shape index (κ2) is 6.57. The van der Waals surface area contributed by atoms with E-state index in [1.165, 1.54) is 0 Å². The van der Waals surface area contributed by atoms with Gasteiger partial charge >= 0.3 is 0 Å². The summed E-state index contributed by atoms with van der Waals surface area (Å²) in [5, 5.41) is 3.78. The monoisotopic (exact) mass is 391 g/mol. The summed E-state index contributed by atoms with van der Waals surface area (Å²) < 4.78 is 10.8. The SMILES string of the molecule is O=C(Nc1ccc(-c2ccc(Cl)cc2)cc1)C1(c2ccc3c(c2)OCO3)CC1. The maximum atomic E-state index is 13.0. The fraction of sp³-hybridized carbons (Fsp3) is 0.174. The van der Waals surface area contributed by atoms with Crippen molar-refractivity contribution >= 4 is 23.2 Å². The third-order valence-electron chi connectivity index (χ3n) is 5.43. The number of benzene rings is 3. The molecule has 0 atom stereocenters. The molecule has 2 aliphatic rings. The second-order valence-corrected chi connectivity index (χ2v) is 7.62. The second-order valence-electron chi connectivity index (χ2n) is 7.19. The van der Waals surface area contributed by atoms with Crippen LogP contribution in [0.15, 0.2) is 66.7 Å². The summed E-state index contributed by atoms with van der Waals surface area (Å²) in [5.74, 6) is 1.47. The molecule has 1 saturated carbocycles. The molecule has 0 radical (unpaired) electrons. The van der Waals surface area contributed by atoms with E-state index in [9.17, 15) is 4.79 Å². The van der Waals surface area contributed by atoms with E-state index >= 15 is 0 Å². The minimum Gasteiger partial charge on any atom is -0.454 e. The molecule has 28 heavy (non-hydrogen) atoms. The average Bonchev–Trinajstić information content (AvgIpc) is 3.40. The molecule has 5 rings (SSSR count). The van der Waals surface area contributed by atoms with Gasteiger partial charge in [0.15, 0.2) is 11.5 Å². The molecule has 1 amide bonds. The van der Waals surface area contributed by atoms with Crippen molar-refractivity contribution in [3.05, 3.63) is 77.3 Å². The van der Waals surface area contributed by atoms with E-state index in [1.54, 1.807) is 0 Å². The number of carbonyl (C=O) groups is 1. The van der Waals surface area contributed by atoms with E-state index in [2.05, 4.69) is 5.32 Å².